The summed E-state index contributed by atoms with van der Waals surface area (Å²) in [6.45, 7) is 3.48. The Balaban J connectivity index is 1.31. The second kappa shape index (κ2) is 20.6. The molecule has 13 nitrogen and oxygen atoms in total. The molecule has 0 radical (unpaired) electrons. The Labute approximate surface area is 370 Å². The number of phenolic OH excluding ortho intramolecular Hbond substituents is 2. The van der Waals surface area contributed by atoms with Gasteiger partial charge in [0.2, 0.25) is 17.6 Å². The van der Waals surface area contributed by atoms with Crippen molar-refractivity contribution in [1.29, 1.82) is 0 Å². The molecule has 5 aromatic rings. The minimum absolute atomic E-state index is 0.0322. The number of oxazole rings is 1. The molecule has 1 aliphatic rings. The van der Waals surface area contributed by atoms with Gasteiger partial charge in [-0.3, -0.25) is 28.8 Å². The summed E-state index contributed by atoms with van der Waals surface area (Å²) in [6.07, 6.45) is 3.26. The van der Waals surface area contributed by atoms with Gasteiger partial charge in [-0.25, -0.2) is 4.98 Å². The number of fused-ring (bicyclic) bond motifs is 5. The van der Waals surface area contributed by atoms with Crippen LogP contribution in [0, 0.1) is 17.8 Å². The fourth-order valence-electron chi connectivity index (χ4n) is 7.98. The van der Waals surface area contributed by atoms with E-state index in [2.05, 4.69) is 10.3 Å². The van der Waals surface area contributed by atoms with Crippen molar-refractivity contribution < 1.29 is 43.4 Å². The summed E-state index contributed by atoms with van der Waals surface area (Å²) in [5.74, 6) is -6.03. The normalized spacial score (nSPS) is 17.5. The van der Waals surface area contributed by atoms with Crippen LogP contribution in [-0.2, 0) is 25.6 Å². The van der Waals surface area contributed by atoms with Crippen LogP contribution in [0.15, 0.2) is 102 Å². The number of amides is 2. The molecule has 0 aliphatic carbocycles. The second-order valence-corrected chi connectivity index (χ2v) is 16.7. The molecule has 2 heterocycles. The molecule has 0 saturated carbocycles. The summed E-state index contributed by atoms with van der Waals surface area (Å²) in [5.41, 5.74) is 9.19. The van der Waals surface area contributed by atoms with Crippen molar-refractivity contribution in [3.05, 3.63) is 125 Å². The van der Waals surface area contributed by atoms with E-state index in [4.69, 9.17) is 21.8 Å². The van der Waals surface area contributed by atoms with E-state index in [1.807, 2.05) is 24.3 Å². The highest BCUT2D eigenvalue weighted by molar-refractivity contribution is 6.30. The van der Waals surface area contributed by atoms with E-state index in [0.717, 1.165) is 11.1 Å². The number of nitrogens with zero attached hydrogens (tertiary/aromatic N) is 2. The Morgan fingerprint density at radius 2 is 1.54 bits per heavy atom. The second-order valence-electron chi connectivity index (χ2n) is 16.3. The molecular weight excluding hydrogens is 824 g/mol. The number of carbonyl (C=O) groups excluding carboxylic acids is 6. The van der Waals surface area contributed by atoms with Gasteiger partial charge in [-0.2, -0.15) is 0 Å². The van der Waals surface area contributed by atoms with Crippen molar-refractivity contribution in [2.75, 3.05) is 13.6 Å². The SMILES string of the molecule is CC(CC(=O)[C@@H]1Cc2ccc(O)c(c2)-c2cc(ccc2O)[C@H](N(C)C(=O)[C@H](CCCCN)CC(=O)c2ccc(-c3ccc(Cl)cc3)cc2)C(=O)C[C@@H](C)C(=O)N1)C(=O)c1ncco1. The van der Waals surface area contributed by atoms with Gasteiger partial charge >= 0.3 is 0 Å². The Kier molecular flexibility index (Phi) is 15.1. The van der Waals surface area contributed by atoms with Crippen LogP contribution in [0.3, 0.4) is 0 Å². The average molecular weight is 875 g/mol. The lowest BCUT2D eigenvalue weighted by Gasteiger charge is -2.32. The number of nitrogens with two attached hydrogens (primary N) is 1. The van der Waals surface area contributed by atoms with Crippen molar-refractivity contribution in [2.45, 2.75) is 70.9 Å². The zero-order chi connectivity index (χ0) is 45.4. The van der Waals surface area contributed by atoms with Gasteiger partial charge in [0.05, 0.1) is 12.2 Å². The molecule has 4 bridgehead atoms. The van der Waals surface area contributed by atoms with Crippen LogP contribution in [0.25, 0.3) is 22.3 Å². The number of ketones is 4. The van der Waals surface area contributed by atoms with Gasteiger partial charge in [0.25, 0.3) is 5.89 Å². The smallest absolute Gasteiger partial charge is 0.263 e. The predicted octanol–water partition coefficient (Wildman–Crippen LogP) is 7.71. The monoisotopic (exact) mass is 874 g/mol. The van der Waals surface area contributed by atoms with Gasteiger partial charge in [-0.05, 0) is 84.5 Å². The molecule has 0 spiro atoms. The topological polar surface area (TPSA) is 210 Å². The fourth-order valence-corrected chi connectivity index (χ4v) is 8.11. The first kappa shape index (κ1) is 46.1. The van der Waals surface area contributed by atoms with Crippen molar-refractivity contribution in [3.63, 3.8) is 0 Å². The van der Waals surface area contributed by atoms with Crippen molar-refractivity contribution in [2.24, 2.45) is 23.5 Å². The number of carbonyl (C=O) groups is 6. The molecule has 14 heteroatoms. The van der Waals surface area contributed by atoms with Gasteiger partial charge in [0, 0.05) is 65.8 Å². The van der Waals surface area contributed by atoms with Crippen LogP contribution >= 0.6 is 11.6 Å². The number of Topliss-reactive ketones (excluding diaryl/α,β-unsaturated/α-hetero) is 4. The summed E-state index contributed by atoms with van der Waals surface area (Å²) < 4.78 is 5.13. The van der Waals surface area contributed by atoms with E-state index in [0.29, 0.717) is 47.5 Å². The van der Waals surface area contributed by atoms with Crippen LogP contribution < -0.4 is 11.1 Å². The lowest BCUT2D eigenvalue weighted by molar-refractivity contribution is -0.142. The first-order valence-corrected chi connectivity index (χ1v) is 21.3. The number of rotatable bonds is 15. The number of likely N-dealkylation sites (N-methyl/N-ethyl adjacent to an activating group) is 1. The zero-order valence-corrected chi connectivity index (χ0v) is 36.1. The molecule has 4 aromatic carbocycles. The number of aromatic nitrogens is 1. The Bertz CT molecular complexity index is 2470. The summed E-state index contributed by atoms with van der Waals surface area (Å²) in [4.78, 5) is 88.9. The quantitative estimate of drug-likeness (QED) is 0.0591. The van der Waals surface area contributed by atoms with Gasteiger partial charge in [-0.1, -0.05) is 80.4 Å². The molecule has 5 N–H and O–H groups in total. The highest BCUT2D eigenvalue weighted by Gasteiger charge is 2.36. The van der Waals surface area contributed by atoms with Gasteiger partial charge in [-0.15, -0.1) is 0 Å². The van der Waals surface area contributed by atoms with E-state index in [9.17, 15) is 39.0 Å². The third-order valence-electron chi connectivity index (χ3n) is 11.6. The third-order valence-corrected chi connectivity index (χ3v) is 11.8. The van der Waals surface area contributed by atoms with Crippen LogP contribution in [0.4, 0.5) is 0 Å². The third kappa shape index (κ3) is 11.1. The molecule has 63 heavy (non-hydrogen) atoms. The van der Waals surface area contributed by atoms with Crippen LogP contribution in [0.2, 0.25) is 5.02 Å². The minimum Gasteiger partial charge on any atom is -0.507 e. The standard InChI is InChI=1S/C49H51ClN4O9/c1-28(46(60)48-52-20-21-63-48)22-43(58)39-25-30-7-17-40(55)37(24-30)38-26-34(14-18-41(38)56)45(44(59)23-29(2)47(61)53-39)54(3)49(62)35(6-4-5-19-51)27-42(57)33-10-8-31(9-11-33)32-12-15-36(50)16-13-32/h7-18,20-21,24,26,28-29,35,39,45,55-56H,4-6,19,22-23,25,27,51H2,1-3H3,(H,53,61)/t28?,29-,35-,39+,45+/m1/s1. The van der Waals surface area contributed by atoms with Crippen LogP contribution in [0.5, 0.6) is 11.5 Å². The highest BCUT2D eigenvalue weighted by Crippen LogP contribution is 2.40. The maximum Gasteiger partial charge on any atom is 0.263 e. The zero-order valence-electron chi connectivity index (χ0n) is 35.4. The van der Waals surface area contributed by atoms with Gasteiger partial charge in [0.15, 0.2) is 17.3 Å². The average Bonchev–Trinajstić information content (AvgIpc) is 3.82. The minimum atomic E-state index is -1.29. The molecule has 1 aromatic heterocycles. The number of benzene rings is 4. The van der Waals surface area contributed by atoms with E-state index in [-0.39, 0.29) is 60.0 Å². The first-order valence-electron chi connectivity index (χ1n) is 21.0. The molecule has 0 saturated heterocycles. The predicted molar refractivity (Wildman–Crippen MR) is 237 cm³/mol. The number of phenols is 2. The summed E-state index contributed by atoms with van der Waals surface area (Å²) >= 11 is 6.06. The Hall–Kier alpha value is -6.44. The Morgan fingerprint density at radius 3 is 2.19 bits per heavy atom. The molecule has 2 amide bonds. The lowest BCUT2D eigenvalue weighted by atomic mass is 9.87. The molecule has 328 valence electrons. The summed E-state index contributed by atoms with van der Waals surface area (Å²) in [6, 6.07) is 20.9. The Morgan fingerprint density at radius 1 is 0.889 bits per heavy atom. The fraction of sp³-hybridized carbons (Fsp3) is 0.327. The highest BCUT2D eigenvalue weighted by atomic mass is 35.5. The molecule has 0 fully saturated rings. The first-order chi connectivity index (χ1) is 30.1. The maximum atomic E-state index is 14.7. The van der Waals surface area contributed by atoms with E-state index >= 15 is 0 Å². The van der Waals surface area contributed by atoms with Crippen LogP contribution in [0.1, 0.15) is 90.6 Å². The maximum absolute atomic E-state index is 14.7. The number of unbranched alkanes of at least 4 members (excludes halogenated alkanes) is 1. The number of aromatic hydroxyl groups is 2. The lowest BCUT2D eigenvalue weighted by Crippen LogP contribution is -2.46. The van der Waals surface area contributed by atoms with E-state index < -0.39 is 59.0 Å². The molecule has 1 unspecified atom stereocenters. The number of hydrogen-bond acceptors (Lipinski definition) is 11. The summed E-state index contributed by atoms with van der Waals surface area (Å²) in [5, 5.41) is 25.7. The molecular formula is C49H51ClN4O9. The van der Waals surface area contributed by atoms with Gasteiger partial charge < -0.3 is 30.6 Å². The van der Waals surface area contributed by atoms with Crippen LogP contribution in [-0.4, -0.2) is 74.7 Å². The van der Waals surface area contributed by atoms with E-state index in [1.165, 1.54) is 48.7 Å². The molecule has 6 rings (SSSR count). The van der Waals surface area contributed by atoms with Crippen molar-refractivity contribution in [3.8, 4) is 33.8 Å². The number of hydrogen-bond donors (Lipinski definition) is 4. The number of nitrogens with one attached hydrogen (secondary N) is 1. The van der Waals surface area contributed by atoms with Gasteiger partial charge in [0.1, 0.15) is 23.8 Å². The summed E-state index contributed by atoms with van der Waals surface area (Å²) in [7, 11) is 1.47. The van der Waals surface area contributed by atoms with Crippen molar-refractivity contribution in [1.82, 2.24) is 15.2 Å². The van der Waals surface area contributed by atoms with E-state index in [1.54, 1.807) is 50.2 Å². The molecule has 1 aliphatic heterocycles. The molecule has 5 atom stereocenters. The largest absolute Gasteiger partial charge is 0.507 e. The van der Waals surface area contributed by atoms with Crippen molar-refractivity contribution >= 4 is 46.5 Å². The number of halogens is 1.